The van der Waals surface area contributed by atoms with E-state index in [2.05, 4.69) is 6.92 Å². The fourth-order valence-corrected chi connectivity index (χ4v) is 2.37. The normalized spacial score (nSPS) is 11.7. The molecule has 1 atom stereocenters. The fourth-order valence-electron chi connectivity index (χ4n) is 2.37. The lowest BCUT2D eigenvalue weighted by Crippen LogP contribution is -2.16. The van der Waals surface area contributed by atoms with Crippen LogP contribution >= 0.6 is 0 Å². The summed E-state index contributed by atoms with van der Waals surface area (Å²) in [7, 11) is 0. The highest BCUT2D eigenvalue weighted by Crippen LogP contribution is 2.11. The predicted molar refractivity (Wildman–Crippen MR) is 101 cm³/mol. The Labute approximate surface area is 157 Å². The molecule has 0 N–H and O–H groups in total. The SMILES string of the molecule is CCCCOC(=O)OCCCC(C)OC(=O)c1ccc(CCCC)cc1. The first-order valence-electron chi connectivity index (χ1n) is 9.66. The monoisotopic (exact) mass is 364 g/mol. The van der Waals surface area contributed by atoms with Gasteiger partial charge in [-0.3, -0.25) is 0 Å². The number of rotatable bonds is 12. The summed E-state index contributed by atoms with van der Waals surface area (Å²) in [5, 5.41) is 0. The van der Waals surface area contributed by atoms with Gasteiger partial charge in [-0.05, 0) is 56.7 Å². The Morgan fingerprint density at radius 1 is 0.923 bits per heavy atom. The van der Waals surface area contributed by atoms with E-state index in [-0.39, 0.29) is 18.7 Å². The maximum absolute atomic E-state index is 12.1. The van der Waals surface area contributed by atoms with Gasteiger partial charge in [-0.1, -0.05) is 38.8 Å². The summed E-state index contributed by atoms with van der Waals surface area (Å²) in [6.07, 6.45) is 5.52. The van der Waals surface area contributed by atoms with Crippen LogP contribution in [0.25, 0.3) is 0 Å². The number of ether oxygens (including phenoxy) is 3. The predicted octanol–water partition coefficient (Wildman–Crippen LogP) is 5.31. The smallest absolute Gasteiger partial charge is 0.459 e. The van der Waals surface area contributed by atoms with Gasteiger partial charge in [0.25, 0.3) is 0 Å². The minimum atomic E-state index is -0.633. The first kappa shape index (κ1) is 22.0. The molecule has 146 valence electrons. The molecular formula is C21H32O5. The second kappa shape index (κ2) is 13.2. The van der Waals surface area contributed by atoms with Gasteiger partial charge in [0, 0.05) is 0 Å². The van der Waals surface area contributed by atoms with Gasteiger partial charge in [0.15, 0.2) is 0 Å². The maximum Gasteiger partial charge on any atom is 0.508 e. The molecule has 0 aromatic heterocycles. The highest BCUT2D eigenvalue weighted by atomic mass is 16.7. The zero-order valence-electron chi connectivity index (χ0n) is 16.3. The summed E-state index contributed by atoms with van der Waals surface area (Å²) in [6, 6.07) is 7.59. The van der Waals surface area contributed by atoms with E-state index in [0.29, 0.717) is 25.0 Å². The minimum Gasteiger partial charge on any atom is -0.459 e. The molecule has 26 heavy (non-hydrogen) atoms. The average Bonchev–Trinajstić information content (AvgIpc) is 2.64. The lowest BCUT2D eigenvalue weighted by molar-refractivity contribution is 0.0270. The van der Waals surface area contributed by atoms with E-state index in [1.807, 2.05) is 38.1 Å². The molecule has 1 aromatic carbocycles. The lowest BCUT2D eigenvalue weighted by Gasteiger charge is -2.13. The number of esters is 1. The van der Waals surface area contributed by atoms with E-state index < -0.39 is 6.16 Å². The number of carbonyl (C=O) groups excluding carboxylic acids is 2. The average molecular weight is 364 g/mol. The van der Waals surface area contributed by atoms with Crippen LogP contribution in [0, 0.1) is 0 Å². The standard InChI is InChI=1S/C21H32O5/c1-4-6-10-18-11-13-19(14-12-18)20(22)26-17(3)9-8-16-25-21(23)24-15-7-5-2/h11-14,17H,4-10,15-16H2,1-3H3. The van der Waals surface area contributed by atoms with Crippen molar-refractivity contribution in [3.05, 3.63) is 35.4 Å². The first-order chi connectivity index (χ1) is 12.6. The van der Waals surface area contributed by atoms with E-state index in [4.69, 9.17) is 14.2 Å². The number of hydrogen-bond donors (Lipinski definition) is 0. The molecule has 0 aliphatic carbocycles. The summed E-state index contributed by atoms with van der Waals surface area (Å²) in [5.74, 6) is -0.320. The molecule has 1 aromatic rings. The van der Waals surface area contributed by atoms with Crippen molar-refractivity contribution < 1.29 is 23.8 Å². The number of unbranched alkanes of at least 4 members (excludes halogenated alkanes) is 2. The zero-order valence-corrected chi connectivity index (χ0v) is 16.3. The van der Waals surface area contributed by atoms with Crippen LogP contribution in [0.2, 0.25) is 0 Å². The summed E-state index contributed by atoms with van der Waals surface area (Å²) in [5.41, 5.74) is 1.80. The van der Waals surface area contributed by atoms with Gasteiger partial charge in [-0.25, -0.2) is 9.59 Å². The number of hydrogen-bond acceptors (Lipinski definition) is 5. The Bertz CT molecular complexity index is 524. The van der Waals surface area contributed by atoms with E-state index in [1.165, 1.54) is 5.56 Å². The molecule has 0 saturated carbocycles. The highest BCUT2D eigenvalue weighted by molar-refractivity contribution is 5.89. The molecule has 0 heterocycles. The van der Waals surface area contributed by atoms with E-state index in [1.54, 1.807) is 0 Å². The van der Waals surface area contributed by atoms with Crippen LogP contribution in [-0.4, -0.2) is 31.4 Å². The molecule has 0 aliphatic rings. The summed E-state index contributed by atoms with van der Waals surface area (Å²) >= 11 is 0. The summed E-state index contributed by atoms with van der Waals surface area (Å²) in [4.78, 5) is 23.4. The second-order valence-corrected chi connectivity index (χ2v) is 6.46. The lowest BCUT2D eigenvalue weighted by atomic mass is 10.1. The third-order valence-electron chi connectivity index (χ3n) is 4.01. The molecule has 0 bridgehead atoms. The molecule has 1 unspecified atom stereocenters. The van der Waals surface area contributed by atoms with Crippen LogP contribution in [0.5, 0.6) is 0 Å². The van der Waals surface area contributed by atoms with Crippen LogP contribution in [0.3, 0.4) is 0 Å². The topological polar surface area (TPSA) is 61.8 Å². The van der Waals surface area contributed by atoms with Crippen molar-refractivity contribution in [1.82, 2.24) is 0 Å². The first-order valence-corrected chi connectivity index (χ1v) is 9.66. The number of aryl methyl sites for hydroxylation is 1. The maximum atomic E-state index is 12.1. The quantitative estimate of drug-likeness (QED) is 0.372. The molecular weight excluding hydrogens is 332 g/mol. The Balaban J connectivity index is 2.22. The highest BCUT2D eigenvalue weighted by Gasteiger charge is 2.12. The molecule has 0 amide bonds. The molecule has 0 radical (unpaired) electrons. The number of benzene rings is 1. The Morgan fingerprint density at radius 3 is 2.15 bits per heavy atom. The number of carbonyl (C=O) groups is 2. The van der Waals surface area contributed by atoms with Crippen molar-refractivity contribution in [1.29, 1.82) is 0 Å². The molecule has 5 heteroatoms. The Kier molecular flexibility index (Phi) is 11.2. The van der Waals surface area contributed by atoms with Gasteiger partial charge in [0.1, 0.15) is 0 Å². The van der Waals surface area contributed by atoms with Crippen molar-refractivity contribution in [3.63, 3.8) is 0 Å². The van der Waals surface area contributed by atoms with Crippen molar-refractivity contribution in [2.45, 2.75) is 71.8 Å². The Hall–Kier alpha value is -2.04. The Morgan fingerprint density at radius 2 is 1.54 bits per heavy atom. The van der Waals surface area contributed by atoms with E-state index in [0.717, 1.165) is 32.1 Å². The fraction of sp³-hybridized carbons (Fsp3) is 0.619. The molecule has 0 spiro atoms. The van der Waals surface area contributed by atoms with Crippen LogP contribution < -0.4 is 0 Å². The molecule has 0 fully saturated rings. The largest absolute Gasteiger partial charge is 0.508 e. The van der Waals surface area contributed by atoms with Crippen LogP contribution in [-0.2, 0) is 20.6 Å². The minimum absolute atomic E-state index is 0.234. The van der Waals surface area contributed by atoms with Gasteiger partial charge >= 0.3 is 12.1 Å². The van der Waals surface area contributed by atoms with Crippen LogP contribution in [0.1, 0.15) is 75.2 Å². The molecule has 0 aliphatic heterocycles. The van der Waals surface area contributed by atoms with E-state index >= 15 is 0 Å². The zero-order chi connectivity index (χ0) is 19.2. The van der Waals surface area contributed by atoms with Crippen LogP contribution in [0.15, 0.2) is 24.3 Å². The van der Waals surface area contributed by atoms with Gasteiger partial charge < -0.3 is 14.2 Å². The van der Waals surface area contributed by atoms with Gasteiger partial charge in [0.05, 0.1) is 24.9 Å². The molecule has 5 nitrogen and oxygen atoms in total. The van der Waals surface area contributed by atoms with E-state index in [9.17, 15) is 9.59 Å². The third kappa shape index (κ3) is 9.44. The van der Waals surface area contributed by atoms with Gasteiger partial charge in [-0.2, -0.15) is 0 Å². The van der Waals surface area contributed by atoms with Gasteiger partial charge in [-0.15, -0.1) is 0 Å². The second-order valence-electron chi connectivity index (χ2n) is 6.46. The summed E-state index contributed by atoms with van der Waals surface area (Å²) in [6.45, 7) is 6.68. The van der Waals surface area contributed by atoms with Crippen LogP contribution in [0.4, 0.5) is 4.79 Å². The van der Waals surface area contributed by atoms with Gasteiger partial charge in [0.2, 0.25) is 0 Å². The van der Waals surface area contributed by atoms with Crippen molar-refractivity contribution >= 4 is 12.1 Å². The van der Waals surface area contributed by atoms with Crippen molar-refractivity contribution in [2.24, 2.45) is 0 Å². The summed E-state index contributed by atoms with van der Waals surface area (Å²) < 4.78 is 15.3. The third-order valence-corrected chi connectivity index (χ3v) is 4.01. The molecule has 0 saturated heterocycles. The van der Waals surface area contributed by atoms with Crippen molar-refractivity contribution in [3.8, 4) is 0 Å². The van der Waals surface area contributed by atoms with Crippen molar-refractivity contribution in [2.75, 3.05) is 13.2 Å². The molecule has 1 rings (SSSR count).